The van der Waals surface area contributed by atoms with Gasteiger partial charge in [-0.2, -0.15) is 4.31 Å². The van der Waals surface area contributed by atoms with Crippen LogP contribution in [0, 0.1) is 0 Å². The number of amides is 1. The van der Waals surface area contributed by atoms with Crippen LogP contribution >= 0.6 is 11.6 Å². The first-order chi connectivity index (χ1) is 15.8. The van der Waals surface area contributed by atoms with Gasteiger partial charge >= 0.3 is 0 Å². The number of hydrogen-bond acceptors (Lipinski definition) is 4. The molecule has 0 unspecified atom stereocenters. The summed E-state index contributed by atoms with van der Waals surface area (Å²) in [5, 5.41) is 3.33. The Balaban J connectivity index is 1.75. The molecule has 174 valence electrons. The van der Waals surface area contributed by atoms with Crippen molar-refractivity contribution in [3.05, 3.63) is 95.0 Å². The minimum Gasteiger partial charge on any atom is -0.497 e. The molecule has 0 saturated carbocycles. The number of halogens is 1. The van der Waals surface area contributed by atoms with Gasteiger partial charge in [0.05, 0.1) is 24.6 Å². The fraction of sp³-hybridized carbons (Fsp3) is 0.240. The quantitative estimate of drug-likeness (QED) is 0.459. The topological polar surface area (TPSA) is 75.7 Å². The standard InChI is InChI=1S/C25H27ClN2O4S/c1-19(21-8-12-23(32-2)13-9-21)27-25(29)18-28(17-16-20-6-4-3-5-7-20)33(30,31)24-14-10-22(26)11-15-24/h3-15,19H,16-18H2,1-2H3,(H,27,29)/t19-/m0/s1. The van der Waals surface area contributed by atoms with Crippen molar-refractivity contribution in [2.75, 3.05) is 20.2 Å². The molecule has 0 fully saturated rings. The van der Waals surface area contributed by atoms with E-state index in [0.29, 0.717) is 11.4 Å². The molecule has 0 aromatic heterocycles. The minimum atomic E-state index is -3.90. The highest BCUT2D eigenvalue weighted by Crippen LogP contribution is 2.20. The molecule has 0 aliphatic carbocycles. The van der Waals surface area contributed by atoms with Crippen LogP contribution < -0.4 is 10.1 Å². The molecule has 0 bridgehead atoms. The van der Waals surface area contributed by atoms with Crippen LogP contribution in [-0.4, -0.2) is 38.8 Å². The zero-order chi connectivity index (χ0) is 23.8. The maximum Gasteiger partial charge on any atom is 0.243 e. The van der Waals surface area contributed by atoms with E-state index in [0.717, 1.165) is 16.9 Å². The molecule has 8 heteroatoms. The summed E-state index contributed by atoms with van der Waals surface area (Å²) in [6, 6.07) is 22.6. The lowest BCUT2D eigenvalue weighted by atomic mass is 10.1. The largest absolute Gasteiger partial charge is 0.497 e. The van der Waals surface area contributed by atoms with E-state index in [9.17, 15) is 13.2 Å². The van der Waals surface area contributed by atoms with Crippen LogP contribution in [0.5, 0.6) is 5.75 Å². The molecule has 0 saturated heterocycles. The van der Waals surface area contributed by atoms with E-state index in [1.165, 1.54) is 28.6 Å². The van der Waals surface area contributed by atoms with E-state index in [1.54, 1.807) is 7.11 Å². The van der Waals surface area contributed by atoms with Gasteiger partial charge in [0.1, 0.15) is 5.75 Å². The van der Waals surface area contributed by atoms with Gasteiger partial charge in [0.15, 0.2) is 0 Å². The second-order valence-electron chi connectivity index (χ2n) is 7.59. The molecule has 1 atom stereocenters. The molecule has 3 rings (SSSR count). The number of rotatable bonds is 10. The summed E-state index contributed by atoms with van der Waals surface area (Å²) in [4.78, 5) is 12.9. The summed E-state index contributed by atoms with van der Waals surface area (Å²) >= 11 is 5.92. The Morgan fingerprint density at radius 1 is 1.00 bits per heavy atom. The normalized spacial score (nSPS) is 12.4. The van der Waals surface area contributed by atoms with E-state index < -0.39 is 10.0 Å². The Labute approximate surface area is 200 Å². The lowest BCUT2D eigenvalue weighted by molar-refractivity contribution is -0.121. The first-order valence-electron chi connectivity index (χ1n) is 10.5. The molecule has 0 aliphatic heterocycles. The number of ether oxygens (including phenoxy) is 1. The van der Waals surface area contributed by atoms with Gasteiger partial charge < -0.3 is 10.1 Å². The highest BCUT2D eigenvalue weighted by atomic mass is 35.5. The third-order valence-electron chi connectivity index (χ3n) is 5.26. The fourth-order valence-electron chi connectivity index (χ4n) is 3.36. The van der Waals surface area contributed by atoms with Crippen molar-refractivity contribution in [1.82, 2.24) is 9.62 Å². The van der Waals surface area contributed by atoms with E-state index in [1.807, 2.05) is 61.5 Å². The second kappa shape index (κ2) is 11.3. The van der Waals surface area contributed by atoms with E-state index in [2.05, 4.69) is 5.32 Å². The maximum atomic E-state index is 13.3. The molecule has 33 heavy (non-hydrogen) atoms. The average Bonchev–Trinajstić information content (AvgIpc) is 2.82. The third-order valence-corrected chi connectivity index (χ3v) is 7.37. The number of carbonyl (C=O) groups excluding carboxylic acids is 1. The molecule has 6 nitrogen and oxygen atoms in total. The first kappa shape index (κ1) is 24.8. The predicted octanol–water partition coefficient (Wildman–Crippen LogP) is 4.46. The van der Waals surface area contributed by atoms with Gasteiger partial charge in [-0.25, -0.2) is 8.42 Å². The van der Waals surface area contributed by atoms with Gasteiger partial charge in [-0.1, -0.05) is 54.1 Å². The molecular weight excluding hydrogens is 460 g/mol. The molecule has 0 aliphatic rings. The van der Waals surface area contributed by atoms with Crippen molar-refractivity contribution in [3.63, 3.8) is 0 Å². The summed E-state index contributed by atoms with van der Waals surface area (Å²) in [5.74, 6) is 0.335. The zero-order valence-electron chi connectivity index (χ0n) is 18.6. The van der Waals surface area contributed by atoms with Gasteiger partial charge in [-0.3, -0.25) is 4.79 Å². The smallest absolute Gasteiger partial charge is 0.243 e. The Kier molecular flexibility index (Phi) is 8.49. The lowest BCUT2D eigenvalue weighted by Crippen LogP contribution is -2.42. The summed E-state index contributed by atoms with van der Waals surface area (Å²) in [5.41, 5.74) is 1.88. The van der Waals surface area contributed by atoms with Crippen LogP contribution in [0.4, 0.5) is 0 Å². The van der Waals surface area contributed by atoms with Crippen LogP contribution in [0.2, 0.25) is 5.02 Å². The molecule has 3 aromatic rings. The monoisotopic (exact) mass is 486 g/mol. The number of sulfonamides is 1. The highest BCUT2D eigenvalue weighted by Gasteiger charge is 2.27. The number of methoxy groups -OCH3 is 1. The minimum absolute atomic E-state index is 0.0935. The van der Waals surface area contributed by atoms with E-state index in [4.69, 9.17) is 16.3 Å². The Morgan fingerprint density at radius 2 is 1.64 bits per heavy atom. The summed E-state index contributed by atoms with van der Waals surface area (Å²) in [6.45, 7) is 1.72. The summed E-state index contributed by atoms with van der Waals surface area (Å²) in [6.07, 6.45) is 0.481. The molecule has 0 heterocycles. The SMILES string of the molecule is COc1ccc([C@H](C)NC(=O)CN(CCc2ccccc2)S(=O)(=O)c2ccc(Cl)cc2)cc1. The van der Waals surface area contributed by atoms with Crippen LogP contribution in [0.3, 0.4) is 0 Å². The summed E-state index contributed by atoms with van der Waals surface area (Å²) < 4.78 is 33.0. The van der Waals surface area contributed by atoms with Crippen LogP contribution in [0.15, 0.2) is 83.8 Å². The van der Waals surface area contributed by atoms with Gasteiger partial charge in [0.2, 0.25) is 15.9 Å². The number of carbonyl (C=O) groups is 1. The van der Waals surface area contributed by atoms with Gasteiger partial charge in [0.25, 0.3) is 0 Å². The molecule has 0 radical (unpaired) electrons. The molecule has 1 N–H and O–H groups in total. The van der Waals surface area contributed by atoms with Crippen molar-refractivity contribution in [2.24, 2.45) is 0 Å². The van der Waals surface area contributed by atoms with Gasteiger partial charge in [-0.05, 0) is 60.9 Å². The number of benzene rings is 3. The number of nitrogens with zero attached hydrogens (tertiary/aromatic N) is 1. The Morgan fingerprint density at radius 3 is 2.24 bits per heavy atom. The van der Waals surface area contributed by atoms with E-state index in [-0.39, 0.29) is 29.9 Å². The van der Waals surface area contributed by atoms with E-state index >= 15 is 0 Å². The molecule has 0 spiro atoms. The van der Waals surface area contributed by atoms with Crippen molar-refractivity contribution >= 4 is 27.5 Å². The Bertz CT molecular complexity index is 1150. The van der Waals surface area contributed by atoms with Crippen LogP contribution in [0.1, 0.15) is 24.1 Å². The predicted molar refractivity (Wildman–Crippen MR) is 130 cm³/mol. The number of nitrogens with one attached hydrogen (secondary N) is 1. The van der Waals surface area contributed by atoms with Crippen molar-refractivity contribution in [2.45, 2.75) is 24.3 Å². The van der Waals surface area contributed by atoms with Crippen molar-refractivity contribution in [3.8, 4) is 5.75 Å². The molecular formula is C25H27ClN2O4S. The van der Waals surface area contributed by atoms with Crippen molar-refractivity contribution in [1.29, 1.82) is 0 Å². The summed E-state index contributed by atoms with van der Waals surface area (Å²) in [7, 11) is -2.31. The van der Waals surface area contributed by atoms with Crippen molar-refractivity contribution < 1.29 is 17.9 Å². The lowest BCUT2D eigenvalue weighted by Gasteiger charge is -2.23. The highest BCUT2D eigenvalue weighted by molar-refractivity contribution is 7.89. The van der Waals surface area contributed by atoms with Crippen LogP contribution in [-0.2, 0) is 21.2 Å². The molecule has 3 aromatic carbocycles. The first-order valence-corrected chi connectivity index (χ1v) is 12.3. The molecule has 1 amide bonds. The maximum absolute atomic E-state index is 13.3. The van der Waals surface area contributed by atoms with Gasteiger partial charge in [-0.15, -0.1) is 0 Å². The van der Waals surface area contributed by atoms with Crippen LogP contribution in [0.25, 0.3) is 0 Å². The Hall–Kier alpha value is -2.87. The fourth-order valence-corrected chi connectivity index (χ4v) is 4.88. The number of hydrogen-bond donors (Lipinski definition) is 1. The zero-order valence-corrected chi connectivity index (χ0v) is 20.1. The average molecular weight is 487 g/mol. The third kappa shape index (κ3) is 6.81. The second-order valence-corrected chi connectivity index (χ2v) is 9.96. The van der Waals surface area contributed by atoms with Gasteiger partial charge in [0, 0.05) is 11.6 Å².